The average molecular weight is 309 g/mol. The summed E-state index contributed by atoms with van der Waals surface area (Å²) in [6.07, 6.45) is 2.12. The number of nitrogens with one attached hydrogen (secondary N) is 1. The molecular formula is C16H27N3OS. The summed E-state index contributed by atoms with van der Waals surface area (Å²) in [5, 5.41) is 3.88. The standard InChI is InChI=1S/C16H27N3OS/c1-6-17-16(18-11-13(2)21-5)19(3)12-14-7-9-15(20-4)10-8-14/h7-10,13H,6,11-12H2,1-5H3,(H,17,18). The van der Waals surface area contributed by atoms with Crippen LogP contribution in [0.15, 0.2) is 29.3 Å². The molecule has 0 aliphatic rings. The van der Waals surface area contributed by atoms with E-state index in [-0.39, 0.29) is 0 Å². The Morgan fingerprint density at radius 2 is 2.05 bits per heavy atom. The molecule has 1 atom stereocenters. The first-order valence-electron chi connectivity index (χ1n) is 7.25. The second-order valence-electron chi connectivity index (χ2n) is 4.95. The van der Waals surface area contributed by atoms with E-state index in [9.17, 15) is 0 Å². The van der Waals surface area contributed by atoms with Gasteiger partial charge in [0, 0.05) is 25.4 Å². The topological polar surface area (TPSA) is 36.9 Å². The van der Waals surface area contributed by atoms with E-state index < -0.39 is 0 Å². The second kappa shape index (κ2) is 9.55. The number of aliphatic imine (C=N–C) groups is 1. The zero-order chi connectivity index (χ0) is 15.7. The van der Waals surface area contributed by atoms with Gasteiger partial charge >= 0.3 is 0 Å². The van der Waals surface area contributed by atoms with Crippen molar-refractivity contribution in [1.29, 1.82) is 0 Å². The Morgan fingerprint density at radius 3 is 2.57 bits per heavy atom. The van der Waals surface area contributed by atoms with Crippen molar-refractivity contribution >= 4 is 17.7 Å². The Labute approximate surface area is 133 Å². The monoisotopic (exact) mass is 309 g/mol. The number of benzene rings is 1. The van der Waals surface area contributed by atoms with Crippen molar-refractivity contribution in [3.8, 4) is 5.75 Å². The van der Waals surface area contributed by atoms with E-state index in [1.165, 1.54) is 5.56 Å². The molecule has 0 spiro atoms. The molecule has 1 N–H and O–H groups in total. The minimum atomic E-state index is 0.535. The first-order valence-corrected chi connectivity index (χ1v) is 8.54. The Balaban J connectivity index is 2.68. The lowest BCUT2D eigenvalue weighted by molar-refractivity contribution is 0.414. The highest BCUT2D eigenvalue weighted by molar-refractivity contribution is 7.99. The number of methoxy groups -OCH3 is 1. The molecule has 0 saturated carbocycles. The van der Waals surface area contributed by atoms with Gasteiger partial charge in [-0.05, 0) is 30.9 Å². The van der Waals surface area contributed by atoms with Crippen molar-refractivity contribution in [2.45, 2.75) is 25.6 Å². The molecule has 0 aromatic heterocycles. The number of hydrogen-bond donors (Lipinski definition) is 1. The summed E-state index contributed by atoms with van der Waals surface area (Å²) in [6.45, 7) is 6.81. The van der Waals surface area contributed by atoms with E-state index in [1.54, 1.807) is 7.11 Å². The molecule has 1 aromatic carbocycles. The van der Waals surface area contributed by atoms with Crippen molar-refractivity contribution in [2.75, 3.05) is 33.5 Å². The SMILES string of the molecule is CCNC(=NCC(C)SC)N(C)Cc1ccc(OC)cc1. The van der Waals surface area contributed by atoms with E-state index >= 15 is 0 Å². The van der Waals surface area contributed by atoms with Crippen LogP contribution in [0.2, 0.25) is 0 Å². The molecule has 0 heterocycles. The lowest BCUT2D eigenvalue weighted by Crippen LogP contribution is -2.38. The zero-order valence-electron chi connectivity index (χ0n) is 13.7. The number of ether oxygens (including phenoxy) is 1. The molecule has 0 bridgehead atoms. The Morgan fingerprint density at radius 1 is 1.38 bits per heavy atom. The van der Waals surface area contributed by atoms with E-state index in [4.69, 9.17) is 9.73 Å². The van der Waals surface area contributed by atoms with Gasteiger partial charge in [0.05, 0.1) is 13.7 Å². The summed E-state index contributed by atoms with van der Waals surface area (Å²) >= 11 is 1.84. The smallest absolute Gasteiger partial charge is 0.193 e. The minimum Gasteiger partial charge on any atom is -0.497 e. The lowest BCUT2D eigenvalue weighted by atomic mass is 10.2. The lowest BCUT2D eigenvalue weighted by Gasteiger charge is -2.22. The molecule has 0 aliphatic carbocycles. The van der Waals surface area contributed by atoms with Crippen molar-refractivity contribution in [3.63, 3.8) is 0 Å². The number of nitrogens with zero attached hydrogens (tertiary/aromatic N) is 2. The molecule has 0 saturated heterocycles. The van der Waals surface area contributed by atoms with Gasteiger partial charge in [-0.25, -0.2) is 0 Å². The van der Waals surface area contributed by atoms with Gasteiger partial charge in [0.25, 0.3) is 0 Å². The third-order valence-electron chi connectivity index (χ3n) is 3.18. The number of rotatable bonds is 7. The van der Waals surface area contributed by atoms with Crippen LogP contribution < -0.4 is 10.1 Å². The molecule has 21 heavy (non-hydrogen) atoms. The highest BCUT2D eigenvalue weighted by Crippen LogP contribution is 2.12. The van der Waals surface area contributed by atoms with Crippen LogP contribution in [-0.4, -0.2) is 49.6 Å². The van der Waals surface area contributed by atoms with E-state index in [0.717, 1.165) is 31.3 Å². The van der Waals surface area contributed by atoms with Crippen molar-refractivity contribution < 1.29 is 4.74 Å². The third kappa shape index (κ3) is 6.29. The van der Waals surface area contributed by atoms with Crippen LogP contribution in [0.4, 0.5) is 0 Å². The van der Waals surface area contributed by atoms with E-state index in [1.807, 2.05) is 23.9 Å². The summed E-state index contributed by atoms with van der Waals surface area (Å²) < 4.78 is 5.19. The third-order valence-corrected chi connectivity index (χ3v) is 4.13. The quantitative estimate of drug-likeness (QED) is 0.621. The first-order chi connectivity index (χ1) is 10.1. The first kappa shape index (κ1) is 17.7. The van der Waals surface area contributed by atoms with E-state index in [0.29, 0.717) is 5.25 Å². The minimum absolute atomic E-state index is 0.535. The molecule has 0 fully saturated rings. The predicted octanol–water partition coefficient (Wildman–Crippen LogP) is 2.84. The fourth-order valence-electron chi connectivity index (χ4n) is 1.84. The summed E-state index contributed by atoms with van der Waals surface area (Å²) in [5.41, 5.74) is 1.24. The molecule has 4 nitrogen and oxygen atoms in total. The van der Waals surface area contributed by atoms with Gasteiger partial charge < -0.3 is 15.0 Å². The molecule has 1 aromatic rings. The second-order valence-corrected chi connectivity index (χ2v) is 6.22. The van der Waals surface area contributed by atoms with Crippen LogP contribution in [0, 0.1) is 0 Å². The maximum Gasteiger partial charge on any atom is 0.193 e. The van der Waals surface area contributed by atoms with Gasteiger partial charge in [0.2, 0.25) is 0 Å². The van der Waals surface area contributed by atoms with Gasteiger partial charge in [0.15, 0.2) is 5.96 Å². The highest BCUT2D eigenvalue weighted by Gasteiger charge is 2.07. The van der Waals surface area contributed by atoms with Crippen LogP contribution in [0.3, 0.4) is 0 Å². The van der Waals surface area contributed by atoms with Crippen LogP contribution in [0.1, 0.15) is 19.4 Å². The number of hydrogen-bond acceptors (Lipinski definition) is 3. The highest BCUT2D eigenvalue weighted by atomic mass is 32.2. The normalized spacial score (nSPS) is 12.9. The van der Waals surface area contributed by atoms with Crippen molar-refractivity contribution in [2.24, 2.45) is 4.99 Å². The van der Waals surface area contributed by atoms with Gasteiger partial charge in [-0.2, -0.15) is 11.8 Å². The Hall–Kier alpha value is -1.36. The Bertz CT molecular complexity index is 434. The summed E-state index contributed by atoms with van der Waals surface area (Å²) in [7, 11) is 3.75. The van der Waals surface area contributed by atoms with E-state index in [2.05, 4.69) is 49.5 Å². The maximum absolute atomic E-state index is 5.19. The average Bonchev–Trinajstić information content (AvgIpc) is 2.51. The molecule has 0 amide bonds. The summed E-state index contributed by atoms with van der Waals surface area (Å²) in [5.74, 6) is 1.84. The fraction of sp³-hybridized carbons (Fsp3) is 0.562. The number of thioether (sulfide) groups is 1. The summed E-state index contributed by atoms with van der Waals surface area (Å²) in [6, 6.07) is 8.15. The fourth-order valence-corrected chi connectivity index (χ4v) is 2.06. The molecule has 0 aliphatic heterocycles. The molecule has 0 radical (unpaired) electrons. The zero-order valence-corrected chi connectivity index (χ0v) is 14.5. The Kier molecular flexibility index (Phi) is 8.05. The maximum atomic E-state index is 5.19. The van der Waals surface area contributed by atoms with Crippen molar-refractivity contribution in [3.05, 3.63) is 29.8 Å². The van der Waals surface area contributed by atoms with Crippen LogP contribution in [-0.2, 0) is 6.54 Å². The van der Waals surface area contributed by atoms with Gasteiger partial charge in [-0.1, -0.05) is 19.1 Å². The molecule has 1 rings (SSSR count). The molecule has 1 unspecified atom stereocenters. The molecule has 5 heteroatoms. The number of guanidine groups is 1. The predicted molar refractivity (Wildman–Crippen MR) is 93.4 cm³/mol. The van der Waals surface area contributed by atoms with Crippen LogP contribution >= 0.6 is 11.8 Å². The molecule has 118 valence electrons. The van der Waals surface area contributed by atoms with Crippen LogP contribution in [0.5, 0.6) is 5.75 Å². The van der Waals surface area contributed by atoms with Crippen LogP contribution in [0.25, 0.3) is 0 Å². The van der Waals surface area contributed by atoms with Crippen molar-refractivity contribution in [1.82, 2.24) is 10.2 Å². The van der Waals surface area contributed by atoms with Gasteiger partial charge in [-0.3, -0.25) is 4.99 Å². The van der Waals surface area contributed by atoms with Gasteiger partial charge in [-0.15, -0.1) is 0 Å². The van der Waals surface area contributed by atoms with Gasteiger partial charge in [0.1, 0.15) is 5.75 Å². The summed E-state index contributed by atoms with van der Waals surface area (Å²) in [4.78, 5) is 6.85. The molecular weight excluding hydrogens is 282 g/mol. The largest absolute Gasteiger partial charge is 0.497 e.